The molecule has 0 fully saturated rings. The number of carbonyl (C=O) groups is 1. The summed E-state index contributed by atoms with van der Waals surface area (Å²) in [5, 5.41) is 12.4. The molecule has 0 unspecified atom stereocenters. The van der Waals surface area contributed by atoms with Gasteiger partial charge in [-0.1, -0.05) is 5.16 Å². The Labute approximate surface area is 121 Å². The smallest absolute Gasteiger partial charge is 0.358 e. The third-order valence-corrected chi connectivity index (χ3v) is 2.78. The molecule has 0 aliphatic heterocycles. The van der Waals surface area contributed by atoms with Crippen LogP contribution in [-0.4, -0.2) is 37.1 Å². The molecule has 0 radical (unpaired) electrons. The number of methoxy groups -OCH3 is 2. The van der Waals surface area contributed by atoms with Gasteiger partial charge in [0.05, 0.1) is 26.4 Å². The predicted octanol–water partition coefficient (Wildman–Crippen LogP) is 2.46. The van der Waals surface area contributed by atoms with Crippen molar-refractivity contribution in [1.29, 1.82) is 0 Å². The van der Waals surface area contributed by atoms with E-state index in [1.807, 2.05) is 6.92 Å². The minimum atomic E-state index is -1.16. The maximum absolute atomic E-state index is 10.9. The van der Waals surface area contributed by atoms with E-state index in [2.05, 4.69) is 5.16 Å². The van der Waals surface area contributed by atoms with Gasteiger partial charge >= 0.3 is 5.97 Å². The number of hydrogen-bond acceptors (Lipinski definition) is 6. The normalized spacial score (nSPS) is 10.2. The molecular weight excluding hydrogens is 278 g/mol. The Hall–Kier alpha value is -2.70. The lowest BCUT2D eigenvalue weighted by atomic mass is 10.1. The molecule has 2 rings (SSSR count). The zero-order valence-corrected chi connectivity index (χ0v) is 11.9. The van der Waals surface area contributed by atoms with Crippen molar-refractivity contribution >= 4 is 5.97 Å². The van der Waals surface area contributed by atoms with Crippen LogP contribution in [0.3, 0.4) is 0 Å². The minimum absolute atomic E-state index is 0.180. The zero-order valence-electron chi connectivity index (χ0n) is 11.9. The van der Waals surface area contributed by atoms with Crippen LogP contribution >= 0.6 is 0 Å². The molecule has 1 heterocycles. The summed E-state index contributed by atoms with van der Waals surface area (Å²) >= 11 is 0. The summed E-state index contributed by atoms with van der Waals surface area (Å²) in [6.07, 6.45) is 0. The molecule has 0 aliphatic rings. The topological polar surface area (TPSA) is 91.0 Å². The highest BCUT2D eigenvalue weighted by molar-refractivity contribution is 5.87. The van der Waals surface area contributed by atoms with E-state index in [9.17, 15) is 4.79 Å². The van der Waals surface area contributed by atoms with Gasteiger partial charge in [-0.2, -0.15) is 0 Å². The number of rotatable bonds is 6. The van der Waals surface area contributed by atoms with Crippen LogP contribution < -0.4 is 14.2 Å². The Morgan fingerprint density at radius 3 is 2.43 bits per heavy atom. The Balaban J connectivity index is 2.54. The first-order chi connectivity index (χ1) is 10.1. The van der Waals surface area contributed by atoms with Crippen LogP contribution in [0.25, 0.3) is 11.3 Å². The number of aromatic carboxylic acids is 1. The first-order valence-electron chi connectivity index (χ1n) is 6.19. The van der Waals surface area contributed by atoms with E-state index >= 15 is 0 Å². The van der Waals surface area contributed by atoms with Crippen molar-refractivity contribution in [3.63, 3.8) is 0 Å². The number of ether oxygens (including phenoxy) is 3. The molecule has 7 heteroatoms. The summed E-state index contributed by atoms with van der Waals surface area (Å²) in [6, 6.07) is 4.62. The van der Waals surface area contributed by atoms with Gasteiger partial charge in [0.25, 0.3) is 0 Å². The number of aromatic nitrogens is 1. The van der Waals surface area contributed by atoms with E-state index in [-0.39, 0.29) is 11.5 Å². The lowest BCUT2D eigenvalue weighted by Crippen LogP contribution is -1.97. The molecule has 1 N–H and O–H groups in total. The van der Waals surface area contributed by atoms with Crippen LogP contribution in [0.15, 0.2) is 22.7 Å². The number of carboxylic acids is 1. The molecule has 7 nitrogen and oxygen atoms in total. The molecule has 0 saturated heterocycles. The van der Waals surface area contributed by atoms with Crippen LogP contribution in [0.4, 0.5) is 0 Å². The highest BCUT2D eigenvalue weighted by Gasteiger charge is 2.19. The maximum Gasteiger partial charge on any atom is 0.358 e. The van der Waals surface area contributed by atoms with Crippen molar-refractivity contribution in [3.8, 4) is 28.6 Å². The van der Waals surface area contributed by atoms with Crippen LogP contribution in [0.2, 0.25) is 0 Å². The molecule has 0 amide bonds. The summed E-state index contributed by atoms with van der Waals surface area (Å²) in [5.74, 6) is 0.582. The Morgan fingerprint density at radius 2 is 1.90 bits per heavy atom. The lowest BCUT2D eigenvalue weighted by molar-refractivity contribution is 0.0686. The van der Waals surface area contributed by atoms with E-state index in [0.717, 1.165) is 0 Å². The fraction of sp³-hybridized carbons (Fsp3) is 0.286. The molecule has 0 aliphatic carbocycles. The maximum atomic E-state index is 10.9. The van der Waals surface area contributed by atoms with Gasteiger partial charge in [0.2, 0.25) is 0 Å². The van der Waals surface area contributed by atoms with Crippen molar-refractivity contribution in [2.24, 2.45) is 0 Å². The van der Waals surface area contributed by atoms with E-state index in [0.29, 0.717) is 29.4 Å². The van der Waals surface area contributed by atoms with Crippen molar-refractivity contribution in [1.82, 2.24) is 5.16 Å². The van der Waals surface area contributed by atoms with Gasteiger partial charge in [-0.15, -0.1) is 0 Å². The molecule has 2 aromatic rings. The van der Waals surface area contributed by atoms with Gasteiger partial charge in [-0.3, -0.25) is 0 Å². The van der Waals surface area contributed by atoms with Gasteiger partial charge < -0.3 is 23.8 Å². The zero-order chi connectivity index (χ0) is 15.4. The summed E-state index contributed by atoms with van der Waals surface area (Å²) < 4.78 is 21.0. The SMILES string of the molecule is CCOc1cc(-c2cc(C(=O)O)no2)c(OC)cc1OC. The van der Waals surface area contributed by atoms with Gasteiger partial charge in [0, 0.05) is 12.1 Å². The van der Waals surface area contributed by atoms with Crippen molar-refractivity contribution < 1.29 is 28.6 Å². The monoisotopic (exact) mass is 293 g/mol. The predicted molar refractivity (Wildman–Crippen MR) is 73.2 cm³/mol. The van der Waals surface area contributed by atoms with Crippen LogP contribution in [0.5, 0.6) is 17.2 Å². The molecule has 1 aromatic heterocycles. The average molecular weight is 293 g/mol. The molecule has 112 valence electrons. The second-order valence-corrected chi connectivity index (χ2v) is 4.02. The second kappa shape index (κ2) is 6.17. The summed E-state index contributed by atoms with van der Waals surface area (Å²) in [7, 11) is 3.01. The molecule has 0 spiro atoms. The van der Waals surface area contributed by atoms with E-state index < -0.39 is 5.97 Å². The summed E-state index contributed by atoms with van der Waals surface area (Å²) in [5.41, 5.74) is 0.350. The van der Waals surface area contributed by atoms with E-state index in [4.69, 9.17) is 23.8 Å². The van der Waals surface area contributed by atoms with E-state index in [1.165, 1.54) is 20.3 Å². The number of benzene rings is 1. The third-order valence-electron chi connectivity index (χ3n) is 2.78. The molecule has 0 saturated carbocycles. The lowest BCUT2D eigenvalue weighted by Gasteiger charge is -2.13. The second-order valence-electron chi connectivity index (χ2n) is 4.02. The van der Waals surface area contributed by atoms with Gasteiger partial charge in [-0.05, 0) is 13.0 Å². The molecule has 21 heavy (non-hydrogen) atoms. The van der Waals surface area contributed by atoms with Crippen molar-refractivity contribution in [2.75, 3.05) is 20.8 Å². The fourth-order valence-electron chi connectivity index (χ4n) is 1.83. The van der Waals surface area contributed by atoms with Crippen molar-refractivity contribution in [2.45, 2.75) is 6.92 Å². The average Bonchev–Trinajstić information content (AvgIpc) is 2.97. The van der Waals surface area contributed by atoms with Gasteiger partial charge in [0.15, 0.2) is 23.0 Å². The quantitative estimate of drug-likeness (QED) is 0.874. The number of hydrogen-bond donors (Lipinski definition) is 1. The van der Waals surface area contributed by atoms with Crippen molar-refractivity contribution in [3.05, 3.63) is 23.9 Å². The molecule has 1 aromatic carbocycles. The minimum Gasteiger partial charge on any atom is -0.496 e. The van der Waals surface area contributed by atoms with Gasteiger partial charge in [0.1, 0.15) is 5.75 Å². The van der Waals surface area contributed by atoms with Crippen LogP contribution in [0.1, 0.15) is 17.4 Å². The number of carboxylic acid groups (broad SMARTS) is 1. The van der Waals surface area contributed by atoms with Gasteiger partial charge in [-0.25, -0.2) is 4.79 Å². The molecular formula is C14H15NO6. The number of nitrogens with zero attached hydrogens (tertiary/aromatic N) is 1. The highest BCUT2D eigenvalue weighted by Crippen LogP contribution is 2.40. The highest BCUT2D eigenvalue weighted by atomic mass is 16.5. The Morgan fingerprint density at radius 1 is 1.19 bits per heavy atom. The first-order valence-corrected chi connectivity index (χ1v) is 6.19. The fourth-order valence-corrected chi connectivity index (χ4v) is 1.83. The van der Waals surface area contributed by atoms with E-state index in [1.54, 1.807) is 12.1 Å². The molecule has 0 atom stereocenters. The van der Waals surface area contributed by atoms with Crippen LogP contribution in [-0.2, 0) is 0 Å². The van der Waals surface area contributed by atoms with Crippen LogP contribution in [0, 0.1) is 0 Å². The largest absolute Gasteiger partial charge is 0.496 e. The Bertz CT molecular complexity index is 649. The third kappa shape index (κ3) is 2.91. The Kier molecular flexibility index (Phi) is 4.32. The summed E-state index contributed by atoms with van der Waals surface area (Å²) in [6.45, 7) is 2.30. The summed E-state index contributed by atoms with van der Waals surface area (Å²) in [4.78, 5) is 10.9. The first kappa shape index (κ1) is 14.7. The standard InChI is InChI=1S/C14H15NO6/c1-4-20-13-5-8(10(18-2)7-12(13)19-3)11-6-9(14(16)17)15-21-11/h5-7H,4H2,1-3H3,(H,16,17). The molecule has 0 bridgehead atoms.